The van der Waals surface area contributed by atoms with Crippen LogP contribution in [0.15, 0.2) is 34.9 Å². The van der Waals surface area contributed by atoms with E-state index in [0.29, 0.717) is 17.4 Å². The summed E-state index contributed by atoms with van der Waals surface area (Å²) >= 11 is 1.55. The van der Waals surface area contributed by atoms with Crippen LogP contribution >= 0.6 is 11.3 Å². The average Bonchev–Trinajstić information content (AvgIpc) is 3.33. The number of rotatable bonds is 5. The number of carbonyl (C=O) groups excluding carboxylic acids is 1. The van der Waals surface area contributed by atoms with Crippen molar-refractivity contribution in [3.63, 3.8) is 0 Å². The fourth-order valence-electron chi connectivity index (χ4n) is 3.17. The molecule has 7 heteroatoms. The van der Waals surface area contributed by atoms with Crippen LogP contribution in [-0.2, 0) is 4.74 Å². The lowest BCUT2D eigenvalue weighted by atomic mass is 10.1. The summed E-state index contributed by atoms with van der Waals surface area (Å²) in [5.41, 5.74) is 3.37. The molecule has 27 heavy (non-hydrogen) atoms. The molecule has 1 fully saturated rings. The smallest absolute Gasteiger partial charge is 0.295 e. The van der Waals surface area contributed by atoms with Gasteiger partial charge >= 0.3 is 0 Å². The zero-order chi connectivity index (χ0) is 18.8. The van der Waals surface area contributed by atoms with Crippen molar-refractivity contribution in [1.82, 2.24) is 9.88 Å². The van der Waals surface area contributed by atoms with Crippen molar-refractivity contribution >= 4 is 32.6 Å². The highest BCUT2D eigenvalue weighted by Crippen LogP contribution is 2.31. The lowest BCUT2D eigenvalue weighted by Crippen LogP contribution is -2.43. The molecule has 1 aromatic carbocycles. The number of furan rings is 1. The van der Waals surface area contributed by atoms with Gasteiger partial charge in [0.25, 0.3) is 5.91 Å². The first kappa shape index (κ1) is 18.2. The SMILES string of the molecule is Cc1cc2nc(N(CCN3CCOCC3)C(=O)c3ccco3)sc2cc1C. The Balaban J connectivity index is 1.63. The maximum absolute atomic E-state index is 13.0. The summed E-state index contributed by atoms with van der Waals surface area (Å²) in [6.07, 6.45) is 1.53. The van der Waals surface area contributed by atoms with Gasteiger partial charge < -0.3 is 9.15 Å². The van der Waals surface area contributed by atoms with Gasteiger partial charge in [-0.2, -0.15) is 0 Å². The van der Waals surface area contributed by atoms with Gasteiger partial charge in [-0.3, -0.25) is 14.6 Å². The molecule has 3 aromatic rings. The van der Waals surface area contributed by atoms with Crippen LogP contribution in [0.4, 0.5) is 5.13 Å². The normalized spacial score (nSPS) is 15.3. The second kappa shape index (κ2) is 7.80. The zero-order valence-corrected chi connectivity index (χ0v) is 16.4. The number of fused-ring (bicyclic) bond motifs is 1. The van der Waals surface area contributed by atoms with Gasteiger partial charge in [-0.05, 0) is 49.2 Å². The largest absolute Gasteiger partial charge is 0.459 e. The van der Waals surface area contributed by atoms with Crippen molar-refractivity contribution in [1.29, 1.82) is 0 Å². The topological polar surface area (TPSA) is 58.8 Å². The number of hydrogen-bond acceptors (Lipinski definition) is 6. The van der Waals surface area contributed by atoms with Crippen LogP contribution in [-0.4, -0.2) is 55.2 Å². The van der Waals surface area contributed by atoms with E-state index in [1.54, 1.807) is 28.4 Å². The Labute approximate surface area is 162 Å². The molecular weight excluding hydrogens is 362 g/mol. The molecule has 3 heterocycles. The minimum absolute atomic E-state index is 0.152. The lowest BCUT2D eigenvalue weighted by Gasteiger charge is -2.28. The van der Waals surface area contributed by atoms with E-state index in [9.17, 15) is 4.79 Å². The van der Waals surface area contributed by atoms with E-state index < -0.39 is 0 Å². The number of hydrogen-bond donors (Lipinski definition) is 0. The maximum atomic E-state index is 13.0. The molecule has 0 spiro atoms. The minimum Gasteiger partial charge on any atom is -0.459 e. The van der Waals surface area contributed by atoms with Crippen LogP contribution in [0.25, 0.3) is 10.2 Å². The van der Waals surface area contributed by atoms with Crippen molar-refractivity contribution < 1.29 is 13.9 Å². The van der Waals surface area contributed by atoms with E-state index in [-0.39, 0.29) is 5.91 Å². The van der Waals surface area contributed by atoms with Gasteiger partial charge in [0.15, 0.2) is 10.9 Å². The second-order valence-electron chi connectivity index (χ2n) is 6.79. The van der Waals surface area contributed by atoms with Crippen LogP contribution in [0.5, 0.6) is 0 Å². The lowest BCUT2D eigenvalue weighted by molar-refractivity contribution is 0.0390. The van der Waals surface area contributed by atoms with Gasteiger partial charge in [0, 0.05) is 26.2 Å². The number of benzene rings is 1. The molecule has 0 saturated carbocycles. The molecule has 1 saturated heterocycles. The predicted octanol–water partition coefficient (Wildman–Crippen LogP) is 3.49. The number of thiazole rings is 1. The van der Waals surface area contributed by atoms with Crippen LogP contribution < -0.4 is 4.90 Å². The van der Waals surface area contributed by atoms with E-state index in [2.05, 4.69) is 30.9 Å². The number of nitrogens with zero attached hydrogens (tertiary/aromatic N) is 3. The van der Waals surface area contributed by atoms with Gasteiger partial charge in [0.2, 0.25) is 0 Å². The molecule has 0 aliphatic carbocycles. The molecule has 2 aromatic heterocycles. The monoisotopic (exact) mass is 385 g/mol. The van der Waals surface area contributed by atoms with Crippen LogP contribution in [0.2, 0.25) is 0 Å². The summed E-state index contributed by atoms with van der Waals surface area (Å²) in [6.45, 7) is 8.79. The fraction of sp³-hybridized carbons (Fsp3) is 0.400. The Morgan fingerprint density at radius 1 is 1.26 bits per heavy atom. The fourth-order valence-corrected chi connectivity index (χ4v) is 4.24. The quantitative estimate of drug-likeness (QED) is 0.673. The number of carbonyl (C=O) groups is 1. The Morgan fingerprint density at radius 2 is 2.04 bits per heavy atom. The second-order valence-corrected chi connectivity index (χ2v) is 7.80. The van der Waals surface area contributed by atoms with Crippen molar-refractivity contribution in [3.8, 4) is 0 Å². The van der Waals surface area contributed by atoms with E-state index in [1.807, 2.05) is 0 Å². The van der Waals surface area contributed by atoms with Gasteiger partial charge in [0.05, 0.1) is 29.7 Å². The first-order valence-electron chi connectivity index (χ1n) is 9.15. The highest BCUT2D eigenvalue weighted by molar-refractivity contribution is 7.22. The third-order valence-electron chi connectivity index (χ3n) is 4.94. The molecule has 0 bridgehead atoms. The molecule has 1 aliphatic rings. The summed E-state index contributed by atoms with van der Waals surface area (Å²) in [7, 11) is 0. The molecule has 1 amide bonds. The number of aryl methyl sites for hydroxylation is 2. The number of aromatic nitrogens is 1. The highest BCUT2D eigenvalue weighted by Gasteiger charge is 2.24. The molecule has 4 rings (SSSR count). The van der Waals surface area contributed by atoms with Gasteiger partial charge in [0.1, 0.15) is 0 Å². The van der Waals surface area contributed by atoms with Crippen molar-refractivity contribution in [2.24, 2.45) is 0 Å². The summed E-state index contributed by atoms with van der Waals surface area (Å²) in [4.78, 5) is 21.8. The minimum atomic E-state index is -0.152. The highest BCUT2D eigenvalue weighted by atomic mass is 32.1. The molecule has 142 valence electrons. The van der Waals surface area contributed by atoms with E-state index in [0.717, 1.165) is 43.1 Å². The first-order chi connectivity index (χ1) is 13.1. The Morgan fingerprint density at radius 3 is 2.78 bits per heavy atom. The summed E-state index contributed by atoms with van der Waals surface area (Å²) < 4.78 is 11.9. The molecule has 1 aliphatic heterocycles. The van der Waals surface area contributed by atoms with E-state index in [4.69, 9.17) is 14.1 Å². The number of amides is 1. The molecule has 6 nitrogen and oxygen atoms in total. The Hall–Kier alpha value is -2.22. The summed E-state index contributed by atoms with van der Waals surface area (Å²) in [5.74, 6) is 0.185. The van der Waals surface area contributed by atoms with Crippen molar-refractivity contribution in [2.45, 2.75) is 13.8 Å². The molecular formula is C20H23N3O3S. The van der Waals surface area contributed by atoms with Crippen molar-refractivity contribution in [3.05, 3.63) is 47.4 Å². The van der Waals surface area contributed by atoms with Crippen LogP contribution in [0, 0.1) is 13.8 Å². The molecule has 0 atom stereocenters. The Kier molecular flexibility index (Phi) is 5.24. The molecule has 0 unspecified atom stereocenters. The van der Waals surface area contributed by atoms with Gasteiger partial charge in [-0.1, -0.05) is 11.3 Å². The maximum Gasteiger partial charge on any atom is 0.295 e. The number of ether oxygens (including phenoxy) is 1. The predicted molar refractivity (Wildman–Crippen MR) is 107 cm³/mol. The molecule has 0 radical (unpaired) electrons. The summed E-state index contributed by atoms with van der Waals surface area (Å²) in [5, 5.41) is 0.713. The summed E-state index contributed by atoms with van der Waals surface area (Å²) in [6, 6.07) is 7.66. The molecule has 0 N–H and O–H groups in total. The van der Waals surface area contributed by atoms with Crippen molar-refractivity contribution in [2.75, 3.05) is 44.3 Å². The van der Waals surface area contributed by atoms with Crippen LogP contribution in [0.1, 0.15) is 21.7 Å². The Bertz CT molecular complexity index is 891. The van der Waals surface area contributed by atoms with Crippen LogP contribution in [0.3, 0.4) is 0 Å². The first-order valence-corrected chi connectivity index (χ1v) is 9.97. The average molecular weight is 385 g/mol. The number of anilines is 1. The third-order valence-corrected chi connectivity index (χ3v) is 5.99. The van der Waals surface area contributed by atoms with Gasteiger partial charge in [-0.25, -0.2) is 4.98 Å². The van der Waals surface area contributed by atoms with E-state index in [1.165, 1.54) is 17.4 Å². The van der Waals surface area contributed by atoms with E-state index >= 15 is 0 Å². The third kappa shape index (κ3) is 3.90. The zero-order valence-electron chi connectivity index (χ0n) is 15.6. The standard InChI is InChI=1S/C20H23N3O3S/c1-14-12-16-18(13-15(14)2)27-20(21-16)23(19(24)17-4-3-9-26-17)6-5-22-7-10-25-11-8-22/h3-4,9,12-13H,5-8,10-11H2,1-2H3. The number of morpholine rings is 1. The van der Waals surface area contributed by atoms with Gasteiger partial charge in [-0.15, -0.1) is 0 Å².